The van der Waals surface area contributed by atoms with Crippen LogP contribution in [0.2, 0.25) is 10.0 Å². The van der Waals surface area contributed by atoms with Gasteiger partial charge in [0.1, 0.15) is 0 Å². The van der Waals surface area contributed by atoms with Crippen molar-refractivity contribution in [1.82, 2.24) is 4.98 Å². The molecular weight excluding hydrogens is 291 g/mol. The summed E-state index contributed by atoms with van der Waals surface area (Å²) in [7, 11) is 0. The van der Waals surface area contributed by atoms with Crippen molar-refractivity contribution in [1.29, 1.82) is 0 Å². The zero-order valence-electron chi connectivity index (χ0n) is 10.6. The van der Waals surface area contributed by atoms with Gasteiger partial charge in [-0.05, 0) is 42.0 Å². The third-order valence-electron chi connectivity index (χ3n) is 3.08. The molecule has 0 aliphatic rings. The highest BCUT2D eigenvalue weighted by atomic mass is 35.5. The van der Waals surface area contributed by atoms with Gasteiger partial charge < -0.3 is 5.32 Å². The third kappa shape index (κ3) is 2.87. The summed E-state index contributed by atoms with van der Waals surface area (Å²) in [6.07, 6.45) is 1.78. The number of pyridine rings is 1. The van der Waals surface area contributed by atoms with Gasteiger partial charge in [0.05, 0.1) is 5.52 Å². The first kappa shape index (κ1) is 13.2. The van der Waals surface area contributed by atoms with Crippen molar-refractivity contribution in [2.24, 2.45) is 0 Å². The molecule has 0 amide bonds. The Kier molecular flexibility index (Phi) is 3.77. The fourth-order valence-electron chi connectivity index (χ4n) is 2.12. The molecule has 2 aromatic carbocycles. The molecule has 2 nitrogen and oxygen atoms in total. The van der Waals surface area contributed by atoms with E-state index in [9.17, 15) is 0 Å². The van der Waals surface area contributed by atoms with Crippen LogP contribution in [0.25, 0.3) is 10.9 Å². The first-order chi connectivity index (χ1) is 9.72. The normalized spacial score (nSPS) is 10.7. The van der Waals surface area contributed by atoms with Gasteiger partial charge in [0, 0.05) is 33.9 Å². The van der Waals surface area contributed by atoms with Crippen molar-refractivity contribution >= 4 is 39.8 Å². The van der Waals surface area contributed by atoms with Crippen LogP contribution in [0.5, 0.6) is 0 Å². The predicted molar refractivity (Wildman–Crippen MR) is 85.5 cm³/mol. The minimum absolute atomic E-state index is 0.692. The Morgan fingerprint density at radius 1 is 0.950 bits per heavy atom. The maximum absolute atomic E-state index is 5.99. The number of rotatable bonds is 3. The Morgan fingerprint density at radius 2 is 1.80 bits per heavy atom. The van der Waals surface area contributed by atoms with Crippen LogP contribution >= 0.6 is 23.2 Å². The largest absolute Gasteiger partial charge is 0.380 e. The molecule has 0 fully saturated rings. The summed E-state index contributed by atoms with van der Waals surface area (Å²) in [5, 5.41) is 5.90. The van der Waals surface area contributed by atoms with E-state index in [1.165, 1.54) is 0 Å². The maximum atomic E-state index is 5.99. The third-order valence-corrected chi connectivity index (χ3v) is 3.55. The van der Waals surface area contributed by atoms with Crippen LogP contribution in [0, 0.1) is 0 Å². The Balaban J connectivity index is 1.87. The van der Waals surface area contributed by atoms with Gasteiger partial charge in [-0.25, -0.2) is 0 Å². The number of hydrogen-bond acceptors (Lipinski definition) is 2. The quantitative estimate of drug-likeness (QED) is 0.723. The fourth-order valence-corrected chi connectivity index (χ4v) is 2.50. The van der Waals surface area contributed by atoms with Crippen molar-refractivity contribution in [3.8, 4) is 0 Å². The zero-order valence-corrected chi connectivity index (χ0v) is 12.1. The van der Waals surface area contributed by atoms with Gasteiger partial charge in [-0.15, -0.1) is 0 Å². The Hall–Kier alpha value is -1.77. The van der Waals surface area contributed by atoms with E-state index in [2.05, 4.69) is 10.3 Å². The van der Waals surface area contributed by atoms with Crippen LogP contribution < -0.4 is 5.32 Å². The molecule has 0 aliphatic carbocycles. The number of fused-ring (bicyclic) bond motifs is 1. The number of nitrogens with one attached hydrogen (secondary N) is 1. The molecule has 1 heterocycles. The lowest BCUT2D eigenvalue weighted by Crippen LogP contribution is -2.00. The van der Waals surface area contributed by atoms with Crippen LogP contribution in [0.3, 0.4) is 0 Å². The molecule has 3 aromatic rings. The second-order valence-corrected chi connectivity index (χ2v) is 5.38. The second kappa shape index (κ2) is 5.70. The lowest BCUT2D eigenvalue weighted by molar-refractivity contribution is 1.15. The highest BCUT2D eigenvalue weighted by Gasteiger charge is 2.02. The van der Waals surface area contributed by atoms with Crippen molar-refractivity contribution < 1.29 is 0 Å². The van der Waals surface area contributed by atoms with Gasteiger partial charge >= 0.3 is 0 Å². The summed E-state index contributed by atoms with van der Waals surface area (Å²) in [5.41, 5.74) is 3.05. The molecular formula is C16H12Cl2N2. The molecule has 100 valence electrons. The minimum Gasteiger partial charge on any atom is -0.380 e. The smallest absolute Gasteiger partial charge is 0.0737 e. The molecule has 4 heteroatoms. The fraction of sp³-hybridized carbons (Fsp3) is 0.0625. The summed E-state index contributed by atoms with van der Waals surface area (Å²) in [4.78, 5) is 4.33. The topological polar surface area (TPSA) is 24.9 Å². The van der Waals surface area contributed by atoms with Gasteiger partial charge in [0.15, 0.2) is 0 Å². The summed E-state index contributed by atoms with van der Waals surface area (Å²) in [5.74, 6) is 0. The van der Waals surface area contributed by atoms with E-state index in [-0.39, 0.29) is 0 Å². The van der Waals surface area contributed by atoms with Crippen molar-refractivity contribution in [3.05, 3.63) is 70.3 Å². The number of anilines is 1. The number of nitrogens with zero attached hydrogens (tertiary/aromatic N) is 1. The standard InChI is InChI=1S/C16H12Cl2N2/c17-12-3-1-2-11(8-12)10-20-15-6-7-19-16-9-13(18)4-5-14(15)16/h1-9H,10H2,(H,19,20). The molecule has 1 N–H and O–H groups in total. The number of benzene rings is 2. The molecule has 0 aliphatic heterocycles. The summed E-state index contributed by atoms with van der Waals surface area (Å²) >= 11 is 12.0. The highest BCUT2D eigenvalue weighted by molar-refractivity contribution is 6.31. The van der Waals surface area contributed by atoms with Crippen molar-refractivity contribution in [3.63, 3.8) is 0 Å². The van der Waals surface area contributed by atoms with Crippen molar-refractivity contribution in [2.45, 2.75) is 6.54 Å². The molecule has 0 bridgehead atoms. The van der Waals surface area contributed by atoms with Crippen LogP contribution in [0.15, 0.2) is 54.7 Å². The van der Waals surface area contributed by atoms with Gasteiger partial charge in [-0.3, -0.25) is 4.98 Å². The minimum atomic E-state index is 0.692. The molecule has 0 unspecified atom stereocenters. The van der Waals surface area contributed by atoms with E-state index in [4.69, 9.17) is 23.2 Å². The number of halogens is 2. The van der Waals surface area contributed by atoms with Gasteiger partial charge in [-0.1, -0.05) is 35.3 Å². The van der Waals surface area contributed by atoms with E-state index >= 15 is 0 Å². The van der Waals surface area contributed by atoms with Gasteiger partial charge in [0.25, 0.3) is 0 Å². The lowest BCUT2D eigenvalue weighted by atomic mass is 10.1. The first-order valence-electron chi connectivity index (χ1n) is 6.25. The molecule has 0 saturated carbocycles. The zero-order chi connectivity index (χ0) is 13.9. The van der Waals surface area contributed by atoms with E-state index in [1.807, 2.05) is 48.5 Å². The lowest BCUT2D eigenvalue weighted by Gasteiger charge is -2.10. The van der Waals surface area contributed by atoms with Crippen LogP contribution in [0.4, 0.5) is 5.69 Å². The van der Waals surface area contributed by atoms with Crippen LogP contribution in [-0.4, -0.2) is 4.98 Å². The predicted octanol–water partition coefficient (Wildman–Crippen LogP) is 5.15. The van der Waals surface area contributed by atoms with E-state index < -0.39 is 0 Å². The van der Waals surface area contributed by atoms with Crippen LogP contribution in [0.1, 0.15) is 5.56 Å². The highest BCUT2D eigenvalue weighted by Crippen LogP contribution is 2.25. The van der Waals surface area contributed by atoms with E-state index in [0.717, 1.165) is 27.2 Å². The summed E-state index contributed by atoms with van der Waals surface area (Å²) < 4.78 is 0. The monoisotopic (exact) mass is 302 g/mol. The number of hydrogen-bond donors (Lipinski definition) is 1. The Bertz CT molecular complexity index is 756. The van der Waals surface area contributed by atoms with Crippen molar-refractivity contribution in [2.75, 3.05) is 5.32 Å². The molecule has 3 rings (SSSR count). The maximum Gasteiger partial charge on any atom is 0.0737 e. The Morgan fingerprint density at radius 3 is 2.65 bits per heavy atom. The second-order valence-electron chi connectivity index (χ2n) is 4.50. The van der Waals surface area contributed by atoms with Gasteiger partial charge in [0.2, 0.25) is 0 Å². The van der Waals surface area contributed by atoms with E-state index in [0.29, 0.717) is 11.6 Å². The molecule has 0 radical (unpaired) electrons. The molecule has 0 spiro atoms. The molecule has 0 saturated heterocycles. The van der Waals surface area contributed by atoms with Gasteiger partial charge in [-0.2, -0.15) is 0 Å². The Labute approximate surface area is 127 Å². The summed E-state index contributed by atoms with van der Waals surface area (Å²) in [6.45, 7) is 0.711. The average molecular weight is 303 g/mol. The SMILES string of the molecule is Clc1cccc(CNc2ccnc3cc(Cl)ccc23)c1. The molecule has 0 atom stereocenters. The van der Waals surface area contributed by atoms with Crippen LogP contribution in [-0.2, 0) is 6.54 Å². The molecule has 1 aromatic heterocycles. The number of aromatic nitrogens is 1. The summed E-state index contributed by atoms with van der Waals surface area (Å²) in [6, 6.07) is 15.5. The first-order valence-corrected chi connectivity index (χ1v) is 7.00. The molecule has 20 heavy (non-hydrogen) atoms. The average Bonchev–Trinajstić information content (AvgIpc) is 2.44. The van der Waals surface area contributed by atoms with E-state index in [1.54, 1.807) is 6.20 Å².